The summed E-state index contributed by atoms with van der Waals surface area (Å²) in [7, 11) is 0. The molecule has 0 saturated heterocycles. The van der Waals surface area contributed by atoms with Gasteiger partial charge in [0.05, 0.1) is 11.2 Å². The van der Waals surface area contributed by atoms with Crippen LogP contribution in [0.2, 0.25) is 0 Å². The van der Waals surface area contributed by atoms with Crippen LogP contribution in [0.4, 0.5) is 24.5 Å². The molecular weight excluding hydrogens is 393 g/mol. The maximum absolute atomic E-state index is 12.7. The largest absolute Gasteiger partial charge is 0.471 e. The van der Waals surface area contributed by atoms with Gasteiger partial charge in [-0.05, 0) is 54.5 Å². The lowest BCUT2D eigenvalue weighted by Crippen LogP contribution is -2.30. The summed E-state index contributed by atoms with van der Waals surface area (Å²) in [5, 5.41) is 2.79. The van der Waals surface area contributed by atoms with Crippen molar-refractivity contribution in [2.45, 2.75) is 6.18 Å². The molecule has 0 fully saturated rings. The molecule has 148 valence electrons. The van der Waals surface area contributed by atoms with Crippen molar-refractivity contribution in [3.63, 3.8) is 0 Å². The molecule has 0 unspecified atom stereocenters. The van der Waals surface area contributed by atoms with Gasteiger partial charge >= 0.3 is 12.1 Å². The van der Waals surface area contributed by atoms with Crippen molar-refractivity contribution < 1.29 is 18.0 Å². The first-order valence-corrected chi connectivity index (χ1v) is 8.75. The van der Waals surface area contributed by atoms with Crippen LogP contribution in [0.3, 0.4) is 0 Å². The zero-order chi connectivity index (χ0) is 21.3. The molecule has 30 heavy (non-hydrogen) atoms. The van der Waals surface area contributed by atoms with E-state index < -0.39 is 12.1 Å². The minimum atomic E-state index is -5.01. The van der Waals surface area contributed by atoms with Crippen molar-refractivity contribution in [1.82, 2.24) is 9.97 Å². The first-order valence-electron chi connectivity index (χ1n) is 8.75. The standard InChI is InChI=1S/C22H13F3N4O/c23-22(24,25)21(30)29-18-12-14-2-1-11-27-19(14)20-17(18)10-9-16(28-20)8-5-13-3-6-15(26)7-4-13/h1-4,6-7,9-12H,26H2,(H,29,30). The topological polar surface area (TPSA) is 80.9 Å². The van der Waals surface area contributed by atoms with E-state index in [-0.39, 0.29) is 5.69 Å². The number of nitrogens with two attached hydrogens (primary N) is 1. The van der Waals surface area contributed by atoms with Crippen LogP contribution in [-0.2, 0) is 4.79 Å². The highest BCUT2D eigenvalue weighted by Crippen LogP contribution is 2.31. The van der Waals surface area contributed by atoms with E-state index in [1.807, 2.05) is 5.32 Å². The highest BCUT2D eigenvalue weighted by molar-refractivity contribution is 6.12. The molecular formula is C22H13F3N4O. The zero-order valence-electron chi connectivity index (χ0n) is 15.3. The van der Waals surface area contributed by atoms with E-state index in [1.165, 1.54) is 6.07 Å². The predicted octanol–water partition coefficient (Wildman–Crippen LogP) is 4.27. The molecule has 0 aliphatic carbocycles. The van der Waals surface area contributed by atoms with E-state index in [9.17, 15) is 18.0 Å². The number of hydrogen-bond donors (Lipinski definition) is 2. The van der Waals surface area contributed by atoms with Gasteiger partial charge in [-0.2, -0.15) is 13.2 Å². The van der Waals surface area contributed by atoms with Gasteiger partial charge in [0.25, 0.3) is 0 Å². The Morgan fingerprint density at radius 1 is 1.00 bits per heavy atom. The zero-order valence-corrected chi connectivity index (χ0v) is 15.3. The molecule has 3 N–H and O–H groups in total. The Morgan fingerprint density at radius 3 is 2.50 bits per heavy atom. The molecule has 0 aliphatic heterocycles. The number of carbonyl (C=O) groups is 1. The third-order valence-electron chi connectivity index (χ3n) is 4.30. The first-order chi connectivity index (χ1) is 14.3. The molecule has 4 rings (SSSR count). The number of amides is 1. The molecule has 2 aromatic carbocycles. The minimum absolute atomic E-state index is 0.00151. The average molecular weight is 406 g/mol. The Balaban J connectivity index is 1.83. The molecule has 8 heteroatoms. The van der Waals surface area contributed by atoms with Crippen molar-refractivity contribution >= 4 is 39.1 Å². The van der Waals surface area contributed by atoms with Crippen LogP contribution in [0.25, 0.3) is 21.8 Å². The fourth-order valence-electron chi connectivity index (χ4n) is 2.89. The number of hydrogen-bond acceptors (Lipinski definition) is 4. The maximum Gasteiger partial charge on any atom is 0.471 e. The number of carbonyl (C=O) groups excluding carboxylic acids is 1. The van der Waals surface area contributed by atoms with Gasteiger partial charge in [0, 0.05) is 28.2 Å². The molecule has 5 nitrogen and oxygen atoms in total. The SMILES string of the molecule is Nc1ccc(C#Cc2ccc3c(NC(=O)C(F)(F)F)cc4cccnc4c3n2)cc1. The van der Waals surface area contributed by atoms with Crippen LogP contribution >= 0.6 is 0 Å². The second kappa shape index (κ2) is 7.37. The fraction of sp³-hybridized carbons (Fsp3) is 0.0455. The minimum Gasteiger partial charge on any atom is -0.399 e. The number of nitrogens with one attached hydrogen (secondary N) is 1. The van der Waals surface area contributed by atoms with Gasteiger partial charge in [0.1, 0.15) is 11.2 Å². The quantitative estimate of drug-likeness (QED) is 0.281. The molecule has 0 saturated carbocycles. The van der Waals surface area contributed by atoms with Crippen LogP contribution < -0.4 is 11.1 Å². The molecule has 0 bridgehead atoms. The summed E-state index contributed by atoms with van der Waals surface area (Å²) >= 11 is 0. The number of alkyl halides is 3. The van der Waals surface area contributed by atoms with E-state index in [2.05, 4.69) is 21.8 Å². The van der Waals surface area contributed by atoms with E-state index >= 15 is 0 Å². The summed E-state index contributed by atoms with van der Waals surface area (Å²) in [6, 6.07) is 14.9. The van der Waals surface area contributed by atoms with Gasteiger partial charge in [-0.25, -0.2) is 4.98 Å². The number of fused-ring (bicyclic) bond motifs is 3. The Hall–Kier alpha value is -4.12. The van der Waals surface area contributed by atoms with Gasteiger partial charge in [-0.1, -0.05) is 12.0 Å². The molecule has 4 aromatic rings. The van der Waals surface area contributed by atoms with Crippen molar-refractivity contribution in [1.29, 1.82) is 0 Å². The molecule has 0 atom stereocenters. The van der Waals surface area contributed by atoms with E-state index in [4.69, 9.17) is 5.73 Å². The summed E-state index contributed by atoms with van der Waals surface area (Å²) in [5.41, 5.74) is 8.26. The number of halogens is 3. The highest BCUT2D eigenvalue weighted by Gasteiger charge is 2.39. The third-order valence-corrected chi connectivity index (χ3v) is 4.30. The monoisotopic (exact) mass is 406 g/mol. The van der Waals surface area contributed by atoms with Gasteiger partial charge in [0.15, 0.2) is 0 Å². The maximum atomic E-state index is 12.7. The summed E-state index contributed by atoms with van der Waals surface area (Å²) in [6.45, 7) is 0. The summed E-state index contributed by atoms with van der Waals surface area (Å²) in [4.78, 5) is 20.2. The second-order valence-electron chi connectivity index (χ2n) is 6.42. The first kappa shape index (κ1) is 19.2. The Labute approximate surface area is 168 Å². The number of nitrogen functional groups attached to an aromatic ring is 1. The molecule has 0 aliphatic rings. The lowest BCUT2D eigenvalue weighted by atomic mass is 10.1. The average Bonchev–Trinajstić information content (AvgIpc) is 2.72. The van der Waals surface area contributed by atoms with Crippen molar-refractivity contribution in [2.24, 2.45) is 0 Å². The second-order valence-corrected chi connectivity index (χ2v) is 6.42. The van der Waals surface area contributed by atoms with Crippen LogP contribution in [0.1, 0.15) is 11.3 Å². The van der Waals surface area contributed by atoms with Crippen molar-refractivity contribution in [2.75, 3.05) is 11.1 Å². The molecule has 2 heterocycles. The number of benzene rings is 2. The molecule has 0 radical (unpaired) electrons. The Bertz CT molecular complexity index is 1340. The lowest BCUT2D eigenvalue weighted by molar-refractivity contribution is -0.167. The van der Waals surface area contributed by atoms with E-state index in [0.717, 1.165) is 5.56 Å². The van der Waals surface area contributed by atoms with Crippen LogP contribution in [0.5, 0.6) is 0 Å². The van der Waals surface area contributed by atoms with Gasteiger partial charge in [-0.3, -0.25) is 9.78 Å². The lowest BCUT2D eigenvalue weighted by Gasteiger charge is -2.12. The number of rotatable bonds is 1. The summed E-state index contributed by atoms with van der Waals surface area (Å²) < 4.78 is 38.2. The predicted molar refractivity (Wildman–Crippen MR) is 109 cm³/mol. The summed E-state index contributed by atoms with van der Waals surface area (Å²) in [5.74, 6) is 3.83. The molecule has 0 spiro atoms. The van der Waals surface area contributed by atoms with Gasteiger partial charge in [-0.15, -0.1) is 0 Å². The molecule has 2 aromatic heterocycles. The Morgan fingerprint density at radius 2 is 1.77 bits per heavy atom. The van der Waals surface area contributed by atoms with Crippen LogP contribution in [0.15, 0.2) is 60.8 Å². The number of anilines is 2. The fourth-order valence-corrected chi connectivity index (χ4v) is 2.89. The highest BCUT2D eigenvalue weighted by atomic mass is 19.4. The van der Waals surface area contributed by atoms with Crippen molar-refractivity contribution in [3.05, 3.63) is 72.1 Å². The summed E-state index contributed by atoms with van der Waals surface area (Å²) in [6.07, 6.45) is -3.45. The number of aromatic nitrogens is 2. The molecule has 1 amide bonds. The van der Waals surface area contributed by atoms with Gasteiger partial charge < -0.3 is 11.1 Å². The van der Waals surface area contributed by atoms with Gasteiger partial charge in [0.2, 0.25) is 0 Å². The normalized spacial score (nSPS) is 11.2. The Kier molecular flexibility index (Phi) is 4.72. The smallest absolute Gasteiger partial charge is 0.399 e. The third kappa shape index (κ3) is 3.86. The van der Waals surface area contributed by atoms with E-state index in [0.29, 0.717) is 33.2 Å². The van der Waals surface area contributed by atoms with Crippen LogP contribution in [0, 0.1) is 11.8 Å². The van der Waals surface area contributed by atoms with Crippen LogP contribution in [-0.4, -0.2) is 22.1 Å². The number of nitrogens with zero attached hydrogens (tertiary/aromatic N) is 2. The number of pyridine rings is 2. The van der Waals surface area contributed by atoms with Crippen molar-refractivity contribution in [3.8, 4) is 11.8 Å². The van der Waals surface area contributed by atoms with E-state index in [1.54, 1.807) is 54.7 Å².